The van der Waals surface area contributed by atoms with Crippen LogP contribution in [0.15, 0.2) is 42.5 Å². The molecule has 6 nitrogen and oxygen atoms in total. The topological polar surface area (TPSA) is 60.8 Å². The quantitative estimate of drug-likeness (QED) is 0.643. The second kappa shape index (κ2) is 5.65. The van der Waals surface area contributed by atoms with Gasteiger partial charge in [0, 0.05) is 5.69 Å². The Morgan fingerprint density at radius 3 is 2.59 bits per heavy atom. The number of nitrogens with zero attached hydrogens (tertiary/aromatic N) is 2. The van der Waals surface area contributed by atoms with Crippen molar-refractivity contribution in [1.29, 1.82) is 0 Å². The van der Waals surface area contributed by atoms with Crippen molar-refractivity contribution in [3.05, 3.63) is 53.9 Å². The minimum Gasteiger partial charge on any atom is -0.426 e. The Morgan fingerprint density at radius 2 is 1.91 bits per heavy atom. The molecular formula is C16H16N2O4. The van der Waals surface area contributed by atoms with Crippen LogP contribution < -0.4 is 4.74 Å². The summed E-state index contributed by atoms with van der Waals surface area (Å²) in [5.74, 6) is 0.0608. The smallest absolute Gasteiger partial charge is 0.353 e. The van der Waals surface area contributed by atoms with Crippen LogP contribution in [0, 0.1) is 6.92 Å². The molecule has 2 aromatic rings. The van der Waals surface area contributed by atoms with Gasteiger partial charge in [-0.25, -0.2) is 4.79 Å². The first kappa shape index (κ1) is 14.3. The first-order valence-electron chi connectivity index (χ1n) is 6.93. The lowest BCUT2D eigenvalue weighted by Gasteiger charge is -2.20. The van der Waals surface area contributed by atoms with Gasteiger partial charge in [0.1, 0.15) is 11.8 Å². The molecule has 1 aliphatic rings. The van der Waals surface area contributed by atoms with Crippen LogP contribution in [-0.2, 0) is 9.63 Å². The van der Waals surface area contributed by atoms with Crippen LogP contribution in [0.1, 0.15) is 23.9 Å². The Hall–Kier alpha value is -2.60. The highest BCUT2D eigenvalue weighted by atomic mass is 16.7. The van der Waals surface area contributed by atoms with E-state index in [1.165, 1.54) is 12.2 Å². The lowest BCUT2D eigenvalue weighted by molar-refractivity contribution is -0.143. The third-order valence-electron chi connectivity index (χ3n) is 3.64. The molecule has 1 aromatic carbocycles. The molecule has 0 radical (unpaired) electrons. The maximum atomic E-state index is 12.3. The van der Waals surface area contributed by atoms with Crippen molar-refractivity contribution >= 4 is 12.0 Å². The van der Waals surface area contributed by atoms with Gasteiger partial charge in [-0.3, -0.25) is 14.2 Å². The van der Waals surface area contributed by atoms with Gasteiger partial charge in [-0.2, -0.15) is 5.06 Å². The molecule has 0 saturated heterocycles. The number of benzene rings is 1. The van der Waals surface area contributed by atoms with Gasteiger partial charge in [0.15, 0.2) is 0 Å². The Kier molecular flexibility index (Phi) is 3.68. The van der Waals surface area contributed by atoms with Crippen LogP contribution in [0.4, 0.5) is 4.79 Å². The second-order valence-corrected chi connectivity index (χ2v) is 5.03. The number of carbonyl (C=O) groups is 2. The Morgan fingerprint density at radius 1 is 1.18 bits per heavy atom. The molecule has 0 spiro atoms. The maximum absolute atomic E-state index is 12.3. The van der Waals surface area contributed by atoms with E-state index in [-0.39, 0.29) is 12.5 Å². The number of hydrogen-bond donors (Lipinski definition) is 0. The predicted octanol–water partition coefficient (Wildman–Crippen LogP) is 2.68. The van der Waals surface area contributed by atoms with E-state index >= 15 is 0 Å². The largest absolute Gasteiger partial charge is 0.426 e. The maximum Gasteiger partial charge on any atom is 0.353 e. The number of aromatic nitrogens is 1. The molecule has 1 aromatic heterocycles. The molecule has 2 heterocycles. The molecule has 1 atom stereocenters. The van der Waals surface area contributed by atoms with Crippen molar-refractivity contribution in [1.82, 2.24) is 9.63 Å². The first-order chi connectivity index (χ1) is 10.6. The summed E-state index contributed by atoms with van der Waals surface area (Å²) in [6, 6.07) is 11.7. The molecule has 114 valence electrons. The summed E-state index contributed by atoms with van der Waals surface area (Å²) < 4.78 is 6.83. The summed E-state index contributed by atoms with van der Waals surface area (Å²) in [6.07, 6.45) is 0.0257. The van der Waals surface area contributed by atoms with Gasteiger partial charge in [-0.05, 0) is 31.2 Å². The third-order valence-corrected chi connectivity index (χ3v) is 3.64. The monoisotopic (exact) mass is 300 g/mol. The molecule has 0 aliphatic carbocycles. The number of hydrogen-bond acceptors (Lipinski definition) is 4. The zero-order chi connectivity index (χ0) is 15.7. The summed E-state index contributed by atoms with van der Waals surface area (Å²) in [5, 5.41) is 1.20. The standard InChI is InChI=1S/C16H16N2O4/c1-11-8-9-13-14(18(21-2)16(20)17(11)13)10-15(19)22-12-6-4-3-5-7-12/h3-9,14H,10H2,1-2H3. The number of para-hydroxylation sites is 1. The number of amides is 1. The highest BCUT2D eigenvalue weighted by Crippen LogP contribution is 2.34. The first-order valence-corrected chi connectivity index (χ1v) is 6.93. The average molecular weight is 300 g/mol. The molecule has 0 bridgehead atoms. The van der Waals surface area contributed by atoms with Gasteiger partial charge in [0.2, 0.25) is 0 Å². The molecule has 0 fully saturated rings. The molecule has 22 heavy (non-hydrogen) atoms. The SMILES string of the molecule is CON1C(=O)n2c(C)ccc2C1CC(=O)Oc1ccccc1. The number of hydroxylamine groups is 2. The van der Waals surface area contributed by atoms with Gasteiger partial charge < -0.3 is 4.74 Å². The third kappa shape index (κ3) is 2.37. The normalized spacial score (nSPS) is 16.7. The molecule has 1 unspecified atom stereocenters. The van der Waals surface area contributed by atoms with Crippen LogP contribution in [0.2, 0.25) is 0 Å². The predicted molar refractivity (Wildman–Crippen MR) is 78.2 cm³/mol. The van der Waals surface area contributed by atoms with E-state index in [0.717, 1.165) is 11.4 Å². The van der Waals surface area contributed by atoms with Gasteiger partial charge in [-0.15, -0.1) is 0 Å². The van der Waals surface area contributed by atoms with E-state index in [1.54, 1.807) is 28.8 Å². The van der Waals surface area contributed by atoms with E-state index < -0.39 is 12.0 Å². The summed E-state index contributed by atoms with van der Waals surface area (Å²) in [4.78, 5) is 29.5. The van der Waals surface area contributed by atoms with Crippen LogP contribution in [0.25, 0.3) is 0 Å². The fourth-order valence-corrected chi connectivity index (χ4v) is 2.64. The molecular weight excluding hydrogens is 284 g/mol. The van der Waals surface area contributed by atoms with Crippen LogP contribution in [-0.4, -0.2) is 28.7 Å². The highest BCUT2D eigenvalue weighted by Gasteiger charge is 2.39. The van der Waals surface area contributed by atoms with Crippen molar-refractivity contribution in [3.63, 3.8) is 0 Å². The second-order valence-electron chi connectivity index (χ2n) is 5.03. The molecule has 1 amide bonds. The van der Waals surface area contributed by atoms with Crippen LogP contribution in [0.5, 0.6) is 5.75 Å². The number of carbonyl (C=O) groups excluding carboxylic acids is 2. The lowest BCUT2D eigenvalue weighted by Crippen LogP contribution is -2.30. The average Bonchev–Trinajstić information content (AvgIpc) is 3.00. The van der Waals surface area contributed by atoms with Crippen molar-refractivity contribution in [2.24, 2.45) is 0 Å². The number of rotatable bonds is 4. The van der Waals surface area contributed by atoms with Crippen molar-refractivity contribution < 1.29 is 19.2 Å². The highest BCUT2D eigenvalue weighted by molar-refractivity contribution is 5.83. The molecule has 0 saturated carbocycles. The van der Waals surface area contributed by atoms with E-state index in [2.05, 4.69) is 0 Å². The Labute approximate surface area is 127 Å². The number of fused-ring (bicyclic) bond motifs is 1. The van der Waals surface area contributed by atoms with Crippen molar-refractivity contribution in [3.8, 4) is 5.75 Å². The van der Waals surface area contributed by atoms with E-state index in [1.807, 2.05) is 25.1 Å². The zero-order valence-corrected chi connectivity index (χ0v) is 12.4. The number of ether oxygens (including phenoxy) is 1. The minimum absolute atomic E-state index is 0.0257. The Balaban J connectivity index is 1.79. The summed E-state index contributed by atoms with van der Waals surface area (Å²) in [6.45, 7) is 1.83. The van der Waals surface area contributed by atoms with Gasteiger partial charge in [-0.1, -0.05) is 18.2 Å². The summed E-state index contributed by atoms with van der Waals surface area (Å²) in [5.41, 5.74) is 1.54. The summed E-state index contributed by atoms with van der Waals surface area (Å²) in [7, 11) is 1.41. The van der Waals surface area contributed by atoms with Gasteiger partial charge in [0.25, 0.3) is 0 Å². The molecule has 3 rings (SSSR count). The minimum atomic E-state index is -0.484. The fraction of sp³-hybridized carbons (Fsp3) is 0.250. The fourth-order valence-electron chi connectivity index (χ4n) is 2.64. The summed E-state index contributed by atoms with van der Waals surface area (Å²) >= 11 is 0. The lowest BCUT2D eigenvalue weighted by atomic mass is 10.1. The van der Waals surface area contributed by atoms with Gasteiger partial charge >= 0.3 is 12.0 Å². The van der Waals surface area contributed by atoms with Crippen LogP contribution >= 0.6 is 0 Å². The molecule has 0 N–H and O–H groups in total. The van der Waals surface area contributed by atoms with Crippen molar-refractivity contribution in [2.75, 3.05) is 7.11 Å². The van der Waals surface area contributed by atoms with E-state index in [4.69, 9.17) is 9.57 Å². The molecule has 6 heteroatoms. The number of esters is 1. The zero-order valence-electron chi connectivity index (χ0n) is 12.4. The van der Waals surface area contributed by atoms with Crippen molar-refractivity contribution in [2.45, 2.75) is 19.4 Å². The molecule has 1 aliphatic heterocycles. The number of aryl methyl sites for hydroxylation is 1. The Bertz CT molecular complexity index is 708. The van der Waals surface area contributed by atoms with E-state index in [9.17, 15) is 9.59 Å². The van der Waals surface area contributed by atoms with Crippen LogP contribution in [0.3, 0.4) is 0 Å². The van der Waals surface area contributed by atoms with Gasteiger partial charge in [0.05, 0.1) is 19.2 Å². The van der Waals surface area contributed by atoms with E-state index in [0.29, 0.717) is 5.75 Å².